The lowest BCUT2D eigenvalue weighted by Crippen LogP contribution is -2.54. The number of amides is 1. The van der Waals surface area contributed by atoms with E-state index in [1.165, 1.54) is 0 Å². The van der Waals surface area contributed by atoms with Gasteiger partial charge in [0, 0.05) is 12.2 Å². The van der Waals surface area contributed by atoms with E-state index in [1.807, 2.05) is 18.2 Å². The third kappa shape index (κ3) is 3.87. The molecule has 1 fully saturated rings. The summed E-state index contributed by atoms with van der Waals surface area (Å²) in [5, 5.41) is 11.5. The van der Waals surface area contributed by atoms with E-state index in [4.69, 9.17) is 9.47 Å². The number of piperidine rings is 1. The molecule has 1 N–H and O–H groups in total. The van der Waals surface area contributed by atoms with Crippen LogP contribution in [0.5, 0.6) is 5.75 Å². The predicted octanol–water partition coefficient (Wildman–Crippen LogP) is 2.89. The molecule has 6 heteroatoms. The zero-order valence-electron chi connectivity index (χ0n) is 16.1. The summed E-state index contributed by atoms with van der Waals surface area (Å²) in [6, 6.07) is 16.2. The first-order valence-electron chi connectivity index (χ1n) is 9.38. The summed E-state index contributed by atoms with van der Waals surface area (Å²) in [7, 11) is 1.58. The van der Waals surface area contributed by atoms with Crippen LogP contribution in [0.2, 0.25) is 0 Å². The largest absolute Gasteiger partial charge is 0.497 e. The fourth-order valence-corrected chi connectivity index (χ4v) is 3.69. The fraction of sp³-hybridized carbons (Fsp3) is 0.364. The topological polar surface area (TPSA) is 76.1 Å². The Morgan fingerprint density at radius 2 is 1.86 bits per heavy atom. The zero-order chi connectivity index (χ0) is 20.1. The van der Waals surface area contributed by atoms with E-state index in [0.717, 1.165) is 0 Å². The number of esters is 1. The van der Waals surface area contributed by atoms with Gasteiger partial charge in [-0.05, 0) is 43.2 Å². The van der Waals surface area contributed by atoms with Crippen LogP contribution in [0.4, 0.5) is 5.69 Å². The molecule has 0 saturated carbocycles. The monoisotopic (exact) mass is 383 g/mol. The number of methoxy groups -OCH3 is 1. The maximum Gasteiger partial charge on any atom is 0.306 e. The summed E-state index contributed by atoms with van der Waals surface area (Å²) in [6.07, 6.45) is 0.142. The standard InChI is InChI=1S/C22H25NO5/c1-3-28-20(24)15-19-21(25)23(17-9-11-18(27-2)12-10-17)14-13-22(19,26)16-7-5-4-6-8-16/h4-12,19,26H,3,13-15H2,1-2H3/t19-,22-/m0/s1. The maximum absolute atomic E-state index is 13.3. The van der Waals surface area contributed by atoms with Gasteiger partial charge in [0.2, 0.25) is 5.91 Å². The minimum absolute atomic E-state index is 0.176. The Kier molecular flexibility index (Phi) is 5.99. The minimum atomic E-state index is -1.42. The van der Waals surface area contributed by atoms with Crippen molar-refractivity contribution in [3.63, 3.8) is 0 Å². The van der Waals surface area contributed by atoms with Gasteiger partial charge in [-0.3, -0.25) is 9.59 Å². The van der Waals surface area contributed by atoms with Gasteiger partial charge in [0.15, 0.2) is 0 Å². The van der Waals surface area contributed by atoms with Crippen molar-refractivity contribution in [3.8, 4) is 5.75 Å². The van der Waals surface area contributed by atoms with Crippen LogP contribution in [0.3, 0.4) is 0 Å². The molecular weight excluding hydrogens is 358 g/mol. The lowest BCUT2D eigenvalue weighted by molar-refractivity contribution is -0.154. The first-order valence-corrected chi connectivity index (χ1v) is 9.38. The summed E-state index contributed by atoms with van der Waals surface area (Å²) in [5.41, 5.74) is -0.0875. The summed E-state index contributed by atoms with van der Waals surface area (Å²) < 4.78 is 10.2. The number of hydrogen-bond acceptors (Lipinski definition) is 5. The molecule has 3 rings (SSSR count). The maximum atomic E-state index is 13.3. The molecule has 0 radical (unpaired) electrons. The van der Waals surface area contributed by atoms with Gasteiger partial charge in [-0.15, -0.1) is 0 Å². The van der Waals surface area contributed by atoms with E-state index in [2.05, 4.69) is 0 Å². The molecule has 1 heterocycles. The Morgan fingerprint density at radius 3 is 2.46 bits per heavy atom. The summed E-state index contributed by atoms with van der Waals surface area (Å²) in [6.45, 7) is 2.29. The predicted molar refractivity (Wildman–Crippen MR) is 105 cm³/mol. The van der Waals surface area contributed by atoms with Gasteiger partial charge < -0.3 is 19.5 Å². The van der Waals surface area contributed by atoms with E-state index in [9.17, 15) is 14.7 Å². The van der Waals surface area contributed by atoms with Crippen LogP contribution >= 0.6 is 0 Å². The number of rotatable bonds is 6. The van der Waals surface area contributed by atoms with Crippen LogP contribution in [-0.4, -0.2) is 37.2 Å². The first kappa shape index (κ1) is 19.9. The van der Waals surface area contributed by atoms with Crippen LogP contribution in [0.15, 0.2) is 54.6 Å². The molecule has 2 atom stereocenters. The Hall–Kier alpha value is -2.86. The number of ether oxygens (including phenoxy) is 2. The van der Waals surface area contributed by atoms with Gasteiger partial charge in [0.1, 0.15) is 11.4 Å². The summed E-state index contributed by atoms with van der Waals surface area (Å²) in [4.78, 5) is 27.1. The lowest BCUT2D eigenvalue weighted by Gasteiger charge is -2.43. The normalized spacial score (nSPS) is 22.0. The SMILES string of the molecule is CCOC(=O)C[C@H]1C(=O)N(c2ccc(OC)cc2)CC[C@]1(O)c1ccccc1. The molecule has 0 aliphatic carbocycles. The van der Waals surface area contributed by atoms with Crippen molar-refractivity contribution in [2.45, 2.75) is 25.4 Å². The number of carbonyl (C=O) groups is 2. The highest BCUT2D eigenvalue weighted by molar-refractivity contribution is 5.98. The van der Waals surface area contributed by atoms with Crippen molar-refractivity contribution in [2.24, 2.45) is 5.92 Å². The second-order valence-corrected chi connectivity index (χ2v) is 6.79. The molecule has 1 aliphatic heterocycles. The van der Waals surface area contributed by atoms with Gasteiger partial charge in [-0.25, -0.2) is 0 Å². The Morgan fingerprint density at radius 1 is 1.18 bits per heavy atom. The van der Waals surface area contributed by atoms with Crippen LogP contribution < -0.4 is 9.64 Å². The van der Waals surface area contributed by atoms with Gasteiger partial charge >= 0.3 is 5.97 Å². The summed E-state index contributed by atoms with van der Waals surface area (Å²) in [5.74, 6) is -1.02. The van der Waals surface area contributed by atoms with Crippen LogP contribution in [0.25, 0.3) is 0 Å². The Labute approximate surface area is 164 Å². The van der Waals surface area contributed by atoms with Crippen molar-refractivity contribution in [2.75, 3.05) is 25.2 Å². The molecule has 1 aliphatic rings. The number of aliphatic hydroxyl groups is 1. The molecule has 2 aromatic carbocycles. The average Bonchev–Trinajstić information content (AvgIpc) is 2.72. The fourth-order valence-electron chi connectivity index (χ4n) is 3.69. The molecule has 2 aromatic rings. The van der Waals surface area contributed by atoms with Gasteiger partial charge in [-0.1, -0.05) is 30.3 Å². The van der Waals surface area contributed by atoms with Crippen LogP contribution in [0.1, 0.15) is 25.3 Å². The number of benzene rings is 2. The van der Waals surface area contributed by atoms with Crippen molar-refractivity contribution in [1.82, 2.24) is 0 Å². The third-order valence-corrected chi connectivity index (χ3v) is 5.19. The van der Waals surface area contributed by atoms with E-state index in [-0.39, 0.29) is 18.9 Å². The highest BCUT2D eigenvalue weighted by Crippen LogP contribution is 2.41. The highest BCUT2D eigenvalue weighted by atomic mass is 16.5. The van der Waals surface area contributed by atoms with Gasteiger partial charge in [0.25, 0.3) is 0 Å². The smallest absolute Gasteiger partial charge is 0.306 e. The Balaban J connectivity index is 1.94. The minimum Gasteiger partial charge on any atom is -0.497 e. The van der Waals surface area contributed by atoms with Crippen molar-refractivity contribution >= 4 is 17.6 Å². The summed E-state index contributed by atoms with van der Waals surface area (Å²) >= 11 is 0. The number of hydrogen-bond donors (Lipinski definition) is 1. The molecule has 6 nitrogen and oxygen atoms in total. The first-order chi connectivity index (χ1) is 13.5. The van der Waals surface area contributed by atoms with Crippen molar-refractivity contribution in [3.05, 3.63) is 60.2 Å². The van der Waals surface area contributed by atoms with Crippen molar-refractivity contribution < 1.29 is 24.2 Å². The second kappa shape index (κ2) is 8.44. The molecular formula is C22H25NO5. The van der Waals surface area contributed by atoms with E-state index >= 15 is 0 Å². The molecule has 0 aromatic heterocycles. The molecule has 1 amide bonds. The zero-order valence-corrected chi connectivity index (χ0v) is 16.1. The van der Waals surface area contributed by atoms with E-state index < -0.39 is 17.5 Å². The number of nitrogens with zero attached hydrogens (tertiary/aromatic N) is 1. The van der Waals surface area contributed by atoms with Crippen molar-refractivity contribution in [1.29, 1.82) is 0 Å². The van der Waals surface area contributed by atoms with Crippen LogP contribution in [-0.2, 0) is 19.9 Å². The molecule has 0 unspecified atom stereocenters. The Bertz CT molecular complexity index is 821. The number of carbonyl (C=O) groups excluding carboxylic acids is 2. The van der Waals surface area contributed by atoms with E-state index in [1.54, 1.807) is 55.3 Å². The molecule has 1 saturated heterocycles. The van der Waals surface area contributed by atoms with Crippen LogP contribution in [0, 0.1) is 5.92 Å². The van der Waals surface area contributed by atoms with Gasteiger partial charge in [0.05, 0.1) is 26.1 Å². The quantitative estimate of drug-likeness (QED) is 0.777. The molecule has 148 valence electrons. The molecule has 0 spiro atoms. The van der Waals surface area contributed by atoms with Gasteiger partial charge in [-0.2, -0.15) is 0 Å². The third-order valence-electron chi connectivity index (χ3n) is 5.19. The molecule has 28 heavy (non-hydrogen) atoms. The second-order valence-electron chi connectivity index (χ2n) is 6.79. The lowest BCUT2D eigenvalue weighted by atomic mass is 9.73. The van der Waals surface area contributed by atoms with E-state index in [0.29, 0.717) is 30.0 Å². The average molecular weight is 383 g/mol. The molecule has 0 bridgehead atoms. The number of anilines is 1. The highest BCUT2D eigenvalue weighted by Gasteiger charge is 2.49.